The molecule has 1 aliphatic rings. The highest BCUT2D eigenvalue weighted by Gasteiger charge is 2.36. The minimum Gasteiger partial charge on any atom is -0.461 e. The Morgan fingerprint density at radius 2 is 2.12 bits per heavy atom. The van der Waals surface area contributed by atoms with Crippen molar-refractivity contribution in [2.45, 2.75) is 45.6 Å². The second-order valence-corrected chi connectivity index (χ2v) is 6.09. The lowest BCUT2D eigenvalue weighted by molar-refractivity contribution is 0.449. The molecule has 1 N–H and O–H groups in total. The second kappa shape index (κ2) is 4.69. The van der Waals surface area contributed by atoms with Crippen molar-refractivity contribution in [3.05, 3.63) is 29.7 Å². The molecule has 2 unspecified atom stereocenters. The third kappa shape index (κ3) is 3.74. The Balaban J connectivity index is 1.82. The second-order valence-electron chi connectivity index (χ2n) is 6.09. The normalized spacial score (nSPS) is 24.5. The molecule has 1 aromatic heterocycles. The van der Waals surface area contributed by atoms with Gasteiger partial charge in [-0.2, -0.15) is 0 Å². The molecule has 1 heterocycles. The van der Waals surface area contributed by atoms with Crippen molar-refractivity contribution < 1.29 is 4.42 Å². The molecule has 1 fully saturated rings. The van der Waals surface area contributed by atoms with Crippen molar-refractivity contribution in [3.63, 3.8) is 0 Å². The molecule has 1 saturated carbocycles. The zero-order valence-electron chi connectivity index (χ0n) is 11.3. The van der Waals surface area contributed by atoms with Crippen LogP contribution < -0.4 is 5.32 Å². The van der Waals surface area contributed by atoms with Crippen LogP contribution in [0.1, 0.15) is 51.6 Å². The summed E-state index contributed by atoms with van der Waals surface area (Å²) < 4.78 is 5.80. The molecule has 17 heavy (non-hydrogen) atoms. The summed E-state index contributed by atoms with van der Waals surface area (Å²) >= 11 is 0. The molecular formula is C15H23NO. The first-order valence-electron chi connectivity index (χ1n) is 6.47. The Labute approximate surface area is 104 Å². The van der Waals surface area contributed by atoms with Gasteiger partial charge in [-0.25, -0.2) is 0 Å². The summed E-state index contributed by atoms with van der Waals surface area (Å²) in [6.07, 6.45) is 5.45. The van der Waals surface area contributed by atoms with Gasteiger partial charge in [0.15, 0.2) is 0 Å². The molecule has 0 aliphatic heterocycles. The Morgan fingerprint density at radius 1 is 1.41 bits per heavy atom. The van der Waals surface area contributed by atoms with Gasteiger partial charge in [0.25, 0.3) is 0 Å². The van der Waals surface area contributed by atoms with E-state index in [1.54, 1.807) is 0 Å². The zero-order valence-corrected chi connectivity index (χ0v) is 11.3. The van der Waals surface area contributed by atoms with Crippen LogP contribution in [-0.4, -0.2) is 12.1 Å². The van der Waals surface area contributed by atoms with Crippen LogP contribution in [0.15, 0.2) is 22.6 Å². The van der Waals surface area contributed by atoms with Crippen LogP contribution in [0.4, 0.5) is 0 Å². The summed E-state index contributed by atoms with van der Waals surface area (Å²) in [4.78, 5) is 0. The predicted molar refractivity (Wildman–Crippen MR) is 72.0 cm³/mol. The van der Waals surface area contributed by atoms with Crippen molar-refractivity contribution in [2.75, 3.05) is 6.54 Å². The maximum atomic E-state index is 5.80. The van der Waals surface area contributed by atoms with Gasteiger partial charge >= 0.3 is 0 Å². The Hall–Kier alpha value is -1.02. The Bertz CT molecular complexity index is 397. The van der Waals surface area contributed by atoms with E-state index in [0.717, 1.165) is 24.0 Å². The van der Waals surface area contributed by atoms with E-state index in [4.69, 9.17) is 4.42 Å². The molecule has 0 amide bonds. The third-order valence-corrected chi connectivity index (χ3v) is 3.15. The first-order valence-corrected chi connectivity index (χ1v) is 6.47. The molecule has 1 aliphatic carbocycles. The van der Waals surface area contributed by atoms with E-state index in [1.807, 2.05) is 0 Å². The smallest absolute Gasteiger partial charge is 0.126 e. The molecule has 2 nitrogen and oxygen atoms in total. The average Bonchev–Trinajstić information content (AvgIpc) is 2.77. The van der Waals surface area contributed by atoms with Crippen LogP contribution in [0.25, 0.3) is 6.08 Å². The molecule has 2 rings (SSSR count). The quantitative estimate of drug-likeness (QED) is 0.855. The van der Waals surface area contributed by atoms with Gasteiger partial charge in [0.05, 0.1) is 0 Å². The van der Waals surface area contributed by atoms with Gasteiger partial charge in [-0.05, 0) is 51.3 Å². The Kier molecular flexibility index (Phi) is 3.43. The van der Waals surface area contributed by atoms with E-state index in [-0.39, 0.29) is 5.54 Å². The fraction of sp³-hybridized carbons (Fsp3) is 0.600. The van der Waals surface area contributed by atoms with Gasteiger partial charge in [0.1, 0.15) is 11.5 Å². The average molecular weight is 233 g/mol. The van der Waals surface area contributed by atoms with Crippen LogP contribution in [0.3, 0.4) is 0 Å². The summed E-state index contributed by atoms with van der Waals surface area (Å²) in [5.41, 5.74) is 0.169. The van der Waals surface area contributed by atoms with E-state index in [1.165, 1.54) is 6.42 Å². The third-order valence-electron chi connectivity index (χ3n) is 3.15. The summed E-state index contributed by atoms with van der Waals surface area (Å²) in [5, 5.41) is 3.41. The first kappa shape index (κ1) is 12.4. The van der Waals surface area contributed by atoms with Gasteiger partial charge in [-0.1, -0.05) is 13.0 Å². The SMILES string of the molecule is CC1CC1c1ccc(C=CCNC(C)(C)C)o1. The Morgan fingerprint density at radius 3 is 2.71 bits per heavy atom. The number of furan rings is 1. The fourth-order valence-electron chi connectivity index (χ4n) is 1.92. The highest BCUT2D eigenvalue weighted by Crippen LogP contribution is 2.47. The van der Waals surface area contributed by atoms with Crippen molar-refractivity contribution in [3.8, 4) is 0 Å². The van der Waals surface area contributed by atoms with E-state index < -0.39 is 0 Å². The number of hydrogen-bond acceptors (Lipinski definition) is 2. The van der Waals surface area contributed by atoms with Crippen LogP contribution in [0.2, 0.25) is 0 Å². The summed E-state index contributed by atoms with van der Waals surface area (Å²) in [7, 11) is 0. The minimum absolute atomic E-state index is 0.169. The predicted octanol–water partition coefficient (Wildman–Crippen LogP) is 3.80. The fourth-order valence-corrected chi connectivity index (χ4v) is 1.92. The van der Waals surface area contributed by atoms with Gasteiger partial charge in [-0.3, -0.25) is 0 Å². The van der Waals surface area contributed by atoms with Crippen LogP contribution in [-0.2, 0) is 0 Å². The molecule has 2 atom stereocenters. The van der Waals surface area contributed by atoms with Crippen molar-refractivity contribution in [1.29, 1.82) is 0 Å². The van der Waals surface area contributed by atoms with Gasteiger partial charge in [0.2, 0.25) is 0 Å². The summed E-state index contributed by atoms with van der Waals surface area (Å²) in [6, 6.07) is 4.18. The van der Waals surface area contributed by atoms with Crippen LogP contribution in [0.5, 0.6) is 0 Å². The van der Waals surface area contributed by atoms with Gasteiger partial charge < -0.3 is 9.73 Å². The highest BCUT2D eigenvalue weighted by atomic mass is 16.3. The van der Waals surface area contributed by atoms with Crippen molar-refractivity contribution >= 4 is 6.08 Å². The molecule has 0 radical (unpaired) electrons. The van der Waals surface area contributed by atoms with Gasteiger partial charge in [-0.15, -0.1) is 0 Å². The number of hydrogen-bond donors (Lipinski definition) is 1. The monoisotopic (exact) mass is 233 g/mol. The van der Waals surface area contributed by atoms with Crippen molar-refractivity contribution in [2.24, 2.45) is 5.92 Å². The topological polar surface area (TPSA) is 25.2 Å². The summed E-state index contributed by atoms with van der Waals surface area (Å²) in [6.45, 7) is 9.65. The molecule has 0 bridgehead atoms. The number of nitrogens with one attached hydrogen (secondary N) is 1. The molecule has 2 heteroatoms. The minimum atomic E-state index is 0.169. The largest absolute Gasteiger partial charge is 0.461 e. The van der Waals surface area contributed by atoms with E-state index >= 15 is 0 Å². The molecule has 0 saturated heterocycles. The van der Waals surface area contributed by atoms with Crippen LogP contribution >= 0.6 is 0 Å². The molecule has 0 spiro atoms. The van der Waals surface area contributed by atoms with Gasteiger partial charge in [0, 0.05) is 18.0 Å². The molecule has 1 aromatic rings. The molecule has 0 aromatic carbocycles. The molecular weight excluding hydrogens is 210 g/mol. The lowest BCUT2D eigenvalue weighted by Crippen LogP contribution is -2.35. The lowest BCUT2D eigenvalue weighted by atomic mass is 10.1. The van der Waals surface area contributed by atoms with E-state index in [9.17, 15) is 0 Å². The maximum Gasteiger partial charge on any atom is 0.126 e. The first-order chi connectivity index (χ1) is 7.96. The van der Waals surface area contributed by atoms with Crippen molar-refractivity contribution in [1.82, 2.24) is 5.32 Å². The van der Waals surface area contributed by atoms with E-state index in [2.05, 4.69) is 57.3 Å². The standard InChI is InChI=1S/C15H23NO/c1-11-10-13(11)14-8-7-12(17-14)6-5-9-16-15(2,3)4/h5-8,11,13,16H,9-10H2,1-4H3. The van der Waals surface area contributed by atoms with E-state index in [0.29, 0.717) is 5.92 Å². The summed E-state index contributed by atoms with van der Waals surface area (Å²) in [5.74, 6) is 3.60. The zero-order chi connectivity index (χ0) is 12.5. The highest BCUT2D eigenvalue weighted by molar-refractivity contribution is 5.43. The lowest BCUT2D eigenvalue weighted by Gasteiger charge is -2.18. The number of rotatable bonds is 4. The van der Waals surface area contributed by atoms with Crippen LogP contribution in [0, 0.1) is 5.92 Å². The molecule has 94 valence electrons. The maximum absolute atomic E-state index is 5.80.